The molecule has 0 aliphatic heterocycles. The Balaban J connectivity index is 2.70. The monoisotopic (exact) mass is 384 g/mol. The number of aliphatic carboxylic acids is 1. The zero-order valence-electron chi connectivity index (χ0n) is 15.2. The summed E-state index contributed by atoms with van der Waals surface area (Å²) in [5.41, 5.74) is 11.7. The van der Waals surface area contributed by atoms with Crippen LogP contribution < -0.4 is 22.1 Å². The molecule has 0 saturated heterocycles. The van der Waals surface area contributed by atoms with Gasteiger partial charge >= 0.3 is 5.97 Å². The molecule has 0 fully saturated rings. The Labute approximate surface area is 156 Å². The first-order valence-electron chi connectivity index (χ1n) is 8.70. The molecule has 0 radical (unpaired) electrons. The highest BCUT2D eigenvalue weighted by Crippen LogP contribution is 2.03. The number of H-pyrrole nitrogens is 1. The molecular formula is C16H28N6O5. The van der Waals surface area contributed by atoms with Gasteiger partial charge in [0, 0.05) is 18.3 Å². The summed E-state index contributed by atoms with van der Waals surface area (Å²) in [5.74, 6) is -2.68. The van der Waals surface area contributed by atoms with Gasteiger partial charge in [0.2, 0.25) is 11.8 Å². The number of carbonyl (C=O) groups is 3. The topological polar surface area (TPSA) is 196 Å². The van der Waals surface area contributed by atoms with Crippen molar-refractivity contribution < 1.29 is 24.6 Å². The van der Waals surface area contributed by atoms with Gasteiger partial charge in [-0.15, -0.1) is 0 Å². The van der Waals surface area contributed by atoms with Gasteiger partial charge in [0.15, 0.2) is 0 Å². The number of aromatic amines is 1. The number of unbranched alkanes of at least 4 members (excludes halogenated alkanes) is 1. The lowest BCUT2D eigenvalue weighted by atomic mass is 10.1. The molecule has 9 N–H and O–H groups in total. The SMILES string of the molecule is CC(O)C(NC(=O)C(N)CCCCN)C(=O)NC(Cc1cnc[nH]1)C(=O)O. The van der Waals surface area contributed by atoms with Crippen LogP contribution in [0.25, 0.3) is 0 Å². The molecule has 4 atom stereocenters. The second kappa shape index (κ2) is 11.3. The van der Waals surface area contributed by atoms with Gasteiger partial charge in [-0.05, 0) is 26.3 Å². The predicted octanol–water partition coefficient (Wildman–Crippen LogP) is -2.16. The van der Waals surface area contributed by atoms with E-state index in [1.807, 2.05) is 0 Å². The van der Waals surface area contributed by atoms with Crippen LogP contribution >= 0.6 is 0 Å². The fraction of sp³-hybridized carbons (Fsp3) is 0.625. The second-order valence-corrected chi connectivity index (χ2v) is 6.30. The fourth-order valence-corrected chi connectivity index (χ4v) is 2.38. The molecule has 11 heteroatoms. The normalized spacial score (nSPS) is 15.4. The van der Waals surface area contributed by atoms with Crippen molar-refractivity contribution in [3.8, 4) is 0 Å². The summed E-state index contributed by atoms with van der Waals surface area (Å²) in [7, 11) is 0. The Morgan fingerprint density at radius 3 is 2.48 bits per heavy atom. The minimum absolute atomic E-state index is 0.0276. The van der Waals surface area contributed by atoms with Gasteiger partial charge in [0.25, 0.3) is 0 Å². The van der Waals surface area contributed by atoms with E-state index >= 15 is 0 Å². The number of amides is 2. The molecule has 152 valence electrons. The Kier molecular flexibility index (Phi) is 9.40. The van der Waals surface area contributed by atoms with E-state index in [1.54, 1.807) is 0 Å². The summed E-state index contributed by atoms with van der Waals surface area (Å²) in [6.45, 7) is 1.80. The van der Waals surface area contributed by atoms with Crippen LogP contribution in [0.3, 0.4) is 0 Å². The predicted molar refractivity (Wildman–Crippen MR) is 96.4 cm³/mol. The Morgan fingerprint density at radius 1 is 1.26 bits per heavy atom. The minimum Gasteiger partial charge on any atom is -0.480 e. The molecule has 1 rings (SSSR count). The molecule has 0 aromatic carbocycles. The van der Waals surface area contributed by atoms with E-state index in [4.69, 9.17) is 11.5 Å². The molecule has 0 aliphatic rings. The zero-order chi connectivity index (χ0) is 20.4. The van der Waals surface area contributed by atoms with E-state index in [0.29, 0.717) is 25.1 Å². The Morgan fingerprint density at radius 2 is 1.96 bits per heavy atom. The van der Waals surface area contributed by atoms with Crippen molar-refractivity contribution >= 4 is 17.8 Å². The van der Waals surface area contributed by atoms with Crippen LogP contribution in [0.1, 0.15) is 31.9 Å². The van der Waals surface area contributed by atoms with E-state index in [9.17, 15) is 24.6 Å². The highest BCUT2D eigenvalue weighted by Gasteiger charge is 2.31. The molecule has 0 aliphatic carbocycles. The zero-order valence-corrected chi connectivity index (χ0v) is 15.2. The number of aromatic nitrogens is 2. The number of aliphatic hydroxyl groups excluding tert-OH is 1. The first-order chi connectivity index (χ1) is 12.8. The van der Waals surface area contributed by atoms with Crippen LogP contribution in [0.2, 0.25) is 0 Å². The third-order valence-corrected chi connectivity index (χ3v) is 3.96. The van der Waals surface area contributed by atoms with Crippen molar-refractivity contribution in [2.75, 3.05) is 6.54 Å². The average Bonchev–Trinajstić information content (AvgIpc) is 3.11. The van der Waals surface area contributed by atoms with Crippen molar-refractivity contribution in [2.45, 2.75) is 56.8 Å². The summed E-state index contributed by atoms with van der Waals surface area (Å²) in [4.78, 5) is 42.5. The number of nitrogens with two attached hydrogens (primary N) is 2. The van der Waals surface area contributed by atoms with E-state index in [1.165, 1.54) is 19.4 Å². The van der Waals surface area contributed by atoms with E-state index in [-0.39, 0.29) is 6.42 Å². The van der Waals surface area contributed by atoms with Crippen molar-refractivity contribution in [3.63, 3.8) is 0 Å². The molecule has 2 amide bonds. The van der Waals surface area contributed by atoms with Crippen LogP contribution in [0.4, 0.5) is 0 Å². The number of nitrogens with zero attached hydrogens (tertiary/aromatic N) is 1. The molecule has 1 aromatic heterocycles. The van der Waals surface area contributed by atoms with Crippen LogP contribution in [0.5, 0.6) is 0 Å². The van der Waals surface area contributed by atoms with Gasteiger partial charge in [0.1, 0.15) is 12.1 Å². The number of aliphatic hydroxyl groups is 1. The lowest BCUT2D eigenvalue weighted by molar-refractivity contribution is -0.142. The van der Waals surface area contributed by atoms with Crippen molar-refractivity contribution in [3.05, 3.63) is 18.2 Å². The molecule has 0 bridgehead atoms. The molecule has 1 aromatic rings. The third-order valence-electron chi connectivity index (χ3n) is 3.96. The summed E-state index contributed by atoms with van der Waals surface area (Å²) >= 11 is 0. The highest BCUT2D eigenvalue weighted by atomic mass is 16.4. The Hall–Kier alpha value is -2.50. The van der Waals surface area contributed by atoms with Gasteiger partial charge in [-0.2, -0.15) is 0 Å². The summed E-state index contributed by atoms with van der Waals surface area (Å²) in [6, 6.07) is -3.44. The van der Waals surface area contributed by atoms with Crippen LogP contribution in [-0.2, 0) is 20.8 Å². The first kappa shape index (κ1) is 22.5. The van der Waals surface area contributed by atoms with Gasteiger partial charge in [-0.1, -0.05) is 6.42 Å². The van der Waals surface area contributed by atoms with Gasteiger partial charge in [-0.3, -0.25) is 9.59 Å². The number of hydrogen-bond acceptors (Lipinski definition) is 7. The minimum atomic E-state index is -1.33. The molecular weight excluding hydrogens is 356 g/mol. The number of imidazole rings is 1. The standard InChI is InChI=1S/C16H28N6O5/c1-9(23)13(22-14(24)11(18)4-2-3-5-17)15(25)21-12(16(26)27)6-10-7-19-8-20-10/h7-9,11-13,23H,2-6,17-18H2,1H3,(H,19,20)(H,21,25)(H,22,24)(H,26,27). The number of rotatable bonds is 12. The Bertz CT molecular complexity index is 606. The van der Waals surface area contributed by atoms with Gasteiger partial charge in [-0.25, -0.2) is 9.78 Å². The van der Waals surface area contributed by atoms with Gasteiger partial charge in [0.05, 0.1) is 18.5 Å². The number of carbonyl (C=O) groups excluding carboxylic acids is 2. The number of hydrogen-bond donors (Lipinski definition) is 7. The summed E-state index contributed by atoms with van der Waals surface area (Å²) < 4.78 is 0. The first-order valence-corrected chi connectivity index (χ1v) is 8.70. The van der Waals surface area contributed by atoms with Crippen LogP contribution in [0.15, 0.2) is 12.5 Å². The van der Waals surface area contributed by atoms with E-state index in [2.05, 4.69) is 20.6 Å². The maximum absolute atomic E-state index is 12.4. The lowest BCUT2D eigenvalue weighted by Gasteiger charge is -2.24. The summed E-state index contributed by atoms with van der Waals surface area (Å²) in [6.07, 6.45) is 3.32. The number of carboxylic acid groups (broad SMARTS) is 1. The number of nitrogens with one attached hydrogen (secondary N) is 3. The maximum Gasteiger partial charge on any atom is 0.326 e. The maximum atomic E-state index is 12.4. The summed E-state index contributed by atoms with van der Waals surface area (Å²) in [5, 5.41) is 23.8. The lowest BCUT2D eigenvalue weighted by Crippen LogP contribution is -2.58. The van der Waals surface area contributed by atoms with E-state index in [0.717, 1.165) is 6.42 Å². The van der Waals surface area contributed by atoms with Crippen molar-refractivity contribution in [2.24, 2.45) is 11.5 Å². The average molecular weight is 384 g/mol. The quantitative estimate of drug-likeness (QED) is 0.198. The largest absolute Gasteiger partial charge is 0.480 e. The van der Waals surface area contributed by atoms with Crippen molar-refractivity contribution in [1.29, 1.82) is 0 Å². The van der Waals surface area contributed by atoms with Gasteiger partial charge < -0.3 is 37.3 Å². The molecule has 27 heavy (non-hydrogen) atoms. The molecule has 11 nitrogen and oxygen atoms in total. The van der Waals surface area contributed by atoms with E-state index < -0.39 is 42.0 Å². The number of carboxylic acids is 1. The third kappa shape index (κ3) is 7.72. The van der Waals surface area contributed by atoms with Crippen LogP contribution in [0, 0.1) is 0 Å². The smallest absolute Gasteiger partial charge is 0.326 e. The molecule has 4 unspecified atom stereocenters. The fourth-order valence-electron chi connectivity index (χ4n) is 2.38. The van der Waals surface area contributed by atoms with Crippen LogP contribution in [-0.4, -0.2) is 68.7 Å². The molecule has 1 heterocycles. The second-order valence-electron chi connectivity index (χ2n) is 6.30. The highest BCUT2D eigenvalue weighted by molar-refractivity contribution is 5.92. The molecule has 0 saturated carbocycles. The van der Waals surface area contributed by atoms with Crippen molar-refractivity contribution in [1.82, 2.24) is 20.6 Å². The molecule has 0 spiro atoms.